The quantitative estimate of drug-likeness (QED) is 0.880. The molecule has 3 atom stereocenters. The fourth-order valence-electron chi connectivity index (χ4n) is 3.40. The molecule has 3 rings (SSSR count). The first-order valence-corrected chi connectivity index (χ1v) is 8.36. The standard InChI is InChI=1S/C14H19NO3S/c16-12-8-10-15-9-4-7-13(14(12)15)19(17,18)11-5-2-1-3-6-11/h1-3,5-6,12-14,16H,4,7-10H2/t12-,13+,14+/m0/s1. The first kappa shape index (κ1) is 13.1. The number of hydrogen-bond acceptors (Lipinski definition) is 4. The Morgan fingerprint density at radius 1 is 1.11 bits per heavy atom. The minimum Gasteiger partial charge on any atom is -0.391 e. The highest BCUT2D eigenvalue weighted by Gasteiger charge is 2.46. The van der Waals surface area contributed by atoms with Crippen molar-refractivity contribution in [3.05, 3.63) is 30.3 Å². The molecule has 2 aliphatic heterocycles. The highest BCUT2D eigenvalue weighted by atomic mass is 32.2. The van der Waals surface area contributed by atoms with E-state index < -0.39 is 21.2 Å². The predicted octanol–water partition coefficient (Wildman–Crippen LogP) is 1.06. The summed E-state index contributed by atoms with van der Waals surface area (Å²) in [6.45, 7) is 1.72. The predicted molar refractivity (Wildman–Crippen MR) is 72.6 cm³/mol. The van der Waals surface area contributed by atoms with Gasteiger partial charge in [0.15, 0.2) is 9.84 Å². The van der Waals surface area contributed by atoms with Crippen molar-refractivity contribution >= 4 is 9.84 Å². The molecule has 19 heavy (non-hydrogen) atoms. The van der Waals surface area contributed by atoms with Gasteiger partial charge in [0.2, 0.25) is 0 Å². The molecule has 5 heteroatoms. The van der Waals surface area contributed by atoms with Crippen LogP contribution in [0.25, 0.3) is 0 Å². The number of benzene rings is 1. The molecule has 0 radical (unpaired) electrons. The second kappa shape index (κ2) is 4.89. The van der Waals surface area contributed by atoms with Gasteiger partial charge in [-0.1, -0.05) is 18.2 Å². The zero-order valence-corrected chi connectivity index (χ0v) is 11.6. The number of rotatable bonds is 2. The van der Waals surface area contributed by atoms with E-state index in [1.807, 2.05) is 6.07 Å². The third-order valence-electron chi connectivity index (χ3n) is 4.31. The Morgan fingerprint density at radius 3 is 2.58 bits per heavy atom. The van der Waals surface area contributed by atoms with Crippen LogP contribution in [0.3, 0.4) is 0 Å². The SMILES string of the molecule is O=S(=O)(c1ccccc1)[C@@H]1CCCN2CC[C@H](O)[C@H]12. The van der Waals surface area contributed by atoms with Crippen molar-refractivity contribution < 1.29 is 13.5 Å². The van der Waals surface area contributed by atoms with E-state index in [-0.39, 0.29) is 6.04 Å². The van der Waals surface area contributed by atoms with Gasteiger partial charge in [-0.15, -0.1) is 0 Å². The van der Waals surface area contributed by atoms with Crippen molar-refractivity contribution in [1.82, 2.24) is 4.90 Å². The number of aliphatic hydroxyl groups is 1. The fourth-order valence-corrected chi connectivity index (χ4v) is 5.48. The number of fused-ring (bicyclic) bond motifs is 1. The Hall–Kier alpha value is -0.910. The largest absolute Gasteiger partial charge is 0.391 e. The van der Waals surface area contributed by atoms with Gasteiger partial charge >= 0.3 is 0 Å². The molecule has 0 saturated carbocycles. The molecule has 1 N–H and O–H groups in total. The van der Waals surface area contributed by atoms with Gasteiger partial charge in [0.1, 0.15) is 0 Å². The first-order chi connectivity index (χ1) is 9.10. The molecule has 0 unspecified atom stereocenters. The van der Waals surface area contributed by atoms with Crippen LogP contribution in [0.15, 0.2) is 35.2 Å². The summed E-state index contributed by atoms with van der Waals surface area (Å²) in [7, 11) is -3.35. The van der Waals surface area contributed by atoms with Crippen molar-refractivity contribution in [2.45, 2.75) is 41.6 Å². The van der Waals surface area contributed by atoms with E-state index in [0.29, 0.717) is 17.7 Å². The molecule has 0 bridgehead atoms. The van der Waals surface area contributed by atoms with E-state index in [1.54, 1.807) is 24.3 Å². The number of hydrogen-bond donors (Lipinski definition) is 1. The summed E-state index contributed by atoms with van der Waals surface area (Å²) >= 11 is 0. The molecule has 4 nitrogen and oxygen atoms in total. The van der Waals surface area contributed by atoms with E-state index in [0.717, 1.165) is 19.5 Å². The van der Waals surface area contributed by atoms with Crippen molar-refractivity contribution in [3.8, 4) is 0 Å². The molecular weight excluding hydrogens is 262 g/mol. The maximum atomic E-state index is 12.7. The Labute approximate surface area is 114 Å². The lowest BCUT2D eigenvalue weighted by Crippen LogP contribution is -2.51. The van der Waals surface area contributed by atoms with Gasteiger partial charge in [-0.2, -0.15) is 0 Å². The first-order valence-electron chi connectivity index (χ1n) is 6.82. The molecule has 2 aliphatic rings. The number of piperidine rings is 1. The van der Waals surface area contributed by atoms with Gasteiger partial charge in [-0.05, 0) is 37.9 Å². The van der Waals surface area contributed by atoms with Gasteiger partial charge in [0, 0.05) is 6.54 Å². The number of aliphatic hydroxyl groups excluding tert-OH is 1. The van der Waals surface area contributed by atoms with Crippen molar-refractivity contribution in [2.24, 2.45) is 0 Å². The highest BCUT2D eigenvalue weighted by Crippen LogP contribution is 2.34. The van der Waals surface area contributed by atoms with Crippen LogP contribution in [-0.4, -0.2) is 48.9 Å². The van der Waals surface area contributed by atoms with Crippen molar-refractivity contribution in [2.75, 3.05) is 13.1 Å². The lowest BCUT2D eigenvalue weighted by molar-refractivity contribution is 0.0936. The Bertz CT molecular complexity index is 541. The number of sulfone groups is 1. The smallest absolute Gasteiger partial charge is 0.182 e. The minimum absolute atomic E-state index is 0.223. The molecular formula is C14H19NO3S. The average Bonchev–Trinajstić information content (AvgIpc) is 2.82. The van der Waals surface area contributed by atoms with Gasteiger partial charge < -0.3 is 5.11 Å². The second-order valence-corrected chi connectivity index (χ2v) is 7.59. The molecule has 2 fully saturated rings. The molecule has 1 aromatic rings. The van der Waals surface area contributed by atoms with Gasteiger partial charge in [0.25, 0.3) is 0 Å². The summed E-state index contributed by atoms with van der Waals surface area (Å²) in [6, 6.07) is 8.39. The van der Waals surface area contributed by atoms with Crippen LogP contribution in [-0.2, 0) is 9.84 Å². The van der Waals surface area contributed by atoms with Crippen LogP contribution in [0.5, 0.6) is 0 Å². The second-order valence-electron chi connectivity index (χ2n) is 5.42. The molecule has 2 heterocycles. The Balaban J connectivity index is 1.96. The molecule has 2 saturated heterocycles. The Morgan fingerprint density at radius 2 is 1.84 bits per heavy atom. The summed E-state index contributed by atoms with van der Waals surface area (Å²) in [4.78, 5) is 2.51. The molecule has 0 aliphatic carbocycles. The fraction of sp³-hybridized carbons (Fsp3) is 0.571. The third-order valence-corrected chi connectivity index (χ3v) is 6.55. The third kappa shape index (κ3) is 2.20. The summed E-state index contributed by atoms with van der Waals surface area (Å²) in [5.41, 5.74) is 0. The summed E-state index contributed by atoms with van der Waals surface area (Å²) in [6.07, 6.45) is 1.71. The highest BCUT2D eigenvalue weighted by molar-refractivity contribution is 7.92. The average molecular weight is 281 g/mol. The Kier molecular flexibility index (Phi) is 3.37. The zero-order valence-electron chi connectivity index (χ0n) is 10.8. The van der Waals surface area contributed by atoms with E-state index in [9.17, 15) is 13.5 Å². The summed E-state index contributed by atoms with van der Waals surface area (Å²) in [5.74, 6) is 0. The van der Waals surface area contributed by atoms with Crippen LogP contribution in [0.4, 0.5) is 0 Å². The molecule has 104 valence electrons. The van der Waals surface area contributed by atoms with Crippen molar-refractivity contribution in [1.29, 1.82) is 0 Å². The monoisotopic (exact) mass is 281 g/mol. The van der Waals surface area contributed by atoms with Crippen LogP contribution < -0.4 is 0 Å². The lowest BCUT2D eigenvalue weighted by atomic mass is 10.0. The van der Waals surface area contributed by atoms with Gasteiger partial charge in [-0.25, -0.2) is 8.42 Å². The maximum Gasteiger partial charge on any atom is 0.182 e. The molecule has 0 amide bonds. The molecule has 0 aromatic heterocycles. The van der Waals surface area contributed by atoms with E-state index in [2.05, 4.69) is 4.90 Å². The lowest BCUT2D eigenvalue weighted by Gasteiger charge is -2.37. The summed E-state index contributed by atoms with van der Waals surface area (Å²) < 4.78 is 25.5. The summed E-state index contributed by atoms with van der Waals surface area (Å²) in [5, 5.41) is 9.63. The van der Waals surface area contributed by atoms with Gasteiger partial charge in [0.05, 0.1) is 22.3 Å². The minimum atomic E-state index is -3.35. The topological polar surface area (TPSA) is 57.6 Å². The van der Waals surface area contributed by atoms with Crippen LogP contribution >= 0.6 is 0 Å². The number of nitrogens with zero attached hydrogens (tertiary/aromatic N) is 1. The van der Waals surface area contributed by atoms with Gasteiger partial charge in [-0.3, -0.25) is 4.90 Å². The maximum absolute atomic E-state index is 12.7. The van der Waals surface area contributed by atoms with Crippen molar-refractivity contribution in [3.63, 3.8) is 0 Å². The van der Waals surface area contributed by atoms with Crippen LogP contribution in [0.2, 0.25) is 0 Å². The molecule has 0 spiro atoms. The zero-order chi connectivity index (χ0) is 13.5. The van der Waals surface area contributed by atoms with Crippen LogP contribution in [0, 0.1) is 0 Å². The van der Waals surface area contributed by atoms with E-state index in [4.69, 9.17) is 0 Å². The van der Waals surface area contributed by atoms with E-state index in [1.165, 1.54) is 0 Å². The van der Waals surface area contributed by atoms with Crippen LogP contribution in [0.1, 0.15) is 19.3 Å². The normalized spacial score (nSPS) is 32.2. The van der Waals surface area contributed by atoms with E-state index >= 15 is 0 Å². The molecule has 1 aromatic carbocycles.